The number of nitrogens with zero attached hydrogens (tertiary/aromatic N) is 1. The lowest BCUT2D eigenvalue weighted by Gasteiger charge is -2.17. The molecule has 2 N–H and O–H groups in total. The van der Waals surface area contributed by atoms with E-state index in [1.807, 2.05) is 18.2 Å². The number of benzene rings is 1. The summed E-state index contributed by atoms with van der Waals surface area (Å²) in [6, 6.07) is 8.15. The van der Waals surface area contributed by atoms with Gasteiger partial charge in [-0.1, -0.05) is 25.1 Å². The van der Waals surface area contributed by atoms with Gasteiger partial charge in [0.2, 0.25) is 0 Å². The molecule has 16 heavy (non-hydrogen) atoms. The van der Waals surface area contributed by atoms with Crippen molar-refractivity contribution in [3.8, 4) is 0 Å². The van der Waals surface area contributed by atoms with Gasteiger partial charge in [0.15, 0.2) is 0 Å². The van der Waals surface area contributed by atoms with Gasteiger partial charge in [0.25, 0.3) is 0 Å². The Morgan fingerprint density at radius 3 is 2.88 bits per heavy atom. The van der Waals surface area contributed by atoms with E-state index in [4.69, 9.17) is 5.73 Å². The highest BCUT2D eigenvalue weighted by molar-refractivity contribution is 5.40. The first-order valence-electron chi connectivity index (χ1n) is 5.94. The molecule has 0 saturated carbocycles. The molecular formula is C14H22N2. The van der Waals surface area contributed by atoms with Crippen LogP contribution in [0.2, 0.25) is 0 Å². The van der Waals surface area contributed by atoms with E-state index < -0.39 is 0 Å². The van der Waals surface area contributed by atoms with E-state index in [2.05, 4.69) is 30.5 Å². The molecule has 0 amide bonds. The molecule has 1 rings (SSSR count). The third-order valence-corrected chi connectivity index (χ3v) is 2.73. The number of nitrogen functional groups attached to an aromatic ring is 1. The van der Waals surface area contributed by atoms with E-state index in [9.17, 15) is 0 Å². The van der Waals surface area contributed by atoms with E-state index >= 15 is 0 Å². The topological polar surface area (TPSA) is 29.3 Å². The Morgan fingerprint density at radius 1 is 1.44 bits per heavy atom. The van der Waals surface area contributed by atoms with Gasteiger partial charge < -0.3 is 5.73 Å². The van der Waals surface area contributed by atoms with Crippen molar-refractivity contribution in [1.82, 2.24) is 4.90 Å². The third kappa shape index (κ3) is 4.49. The average molecular weight is 218 g/mol. The van der Waals surface area contributed by atoms with Gasteiger partial charge in [0.05, 0.1) is 0 Å². The zero-order chi connectivity index (χ0) is 11.8. The summed E-state index contributed by atoms with van der Waals surface area (Å²) in [7, 11) is 0. The van der Waals surface area contributed by atoms with Crippen molar-refractivity contribution in [3.63, 3.8) is 0 Å². The summed E-state index contributed by atoms with van der Waals surface area (Å²) in [6.45, 7) is 9.14. The van der Waals surface area contributed by atoms with E-state index in [1.165, 1.54) is 12.0 Å². The van der Waals surface area contributed by atoms with Crippen molar-refractivity contribution in [3.05, 3.63) is 42.5 Å². The Hall–Kier alpha value is -1.28. The molecule has 1 aromatic carbocycles. The fourth-order valence-corrected chi connectivity index (χ4v) is 1.82. The predicted molar refractivity (Wildman–Crippen MR) is 71.5 cm³/mol. The van der Waals surface area contributed by atoms with E-state index in [-0.39, 0.29) is 0 Å². The Morgan fingerprint density at radius 2 is 2.25 bits per heavy atom. The number of aryl methyl sites for hydroxylation is 1. The van der Waals surface area contributed by atoms with Gasteiger partial charge in [-0.15, -0.1) is 6.58 Å². The fourth-order valence-electron chi connectivity index (χ4n) is 1.82. The second kappa shape index (κ2) is 7.07. The molecular weight excluding hydrogens is 196 g/mol. The van der Waals surface area contributed by atoms with Crippen molar-refractivity contribution < 1.29 is 0 Å². The highest BCUT2D eigenvalue weighted by Gasteiger charge is 2.00. The second-order valence-electron chi connectivity index (χ2n) is 4.03. The molecule has 0 saturated heterocycles. The van der Waals surface area contributed by atoms with Crippen molar-refractivity contribution >= 4 is 5.69 Å². The average Bonchev–Trinajstić information content (AvgIpc) is 2.28. The normalized spacial score (nSPS) is 10.6. The van der Waals surface area contributed by atoms with Crippen LogP contribution >= 0.6 is 0 Å². The molecule has 0 atom stereocenters. The number of hydrogen-bond donors (Lipinski definition) is 1. The van der Waals surface area contributed by atoms with Gasteiger partial charge in [0, 0.05) is 12.2 Å². The van der Waals surface area contributed by atoms with Crippen LogP contribution in [0.3, 0.4) is 0 Å². The summed E-state index contributed by atoms with van der Waals surface area (Å²) in [5.41, 5.74) is 7.93. The molecule has 1 aromatic rings. The van der Waals surface area contributed by atoms with Crippen molar-refractivity contribution in [2.75, 3.05) is 25.4 Å². The smallest absolute Gasteiger partial charge is 0.0316 e. The molecule has 0 fully saturated rings. The number of nitrogens with two attached hydrogens (primary N) is 1. The first kappa shape index (κ1) is 12.8. The number of likely N-dealkylation sites (N-methyl/N-ethyl adjacent to an activating group) is 1. The van der Waals surface area contributed by atoms with E-state index in [0.717, 1.165) is 31.7 Å². The predicted octanol–water partition coefficient (Wildman–Crippen LogP) is 2.71. The van der Waals surface area contributed by atoms with Gasteiger partial charge in [0.1, 0.15) is 0 Å². The zero-order valence-corrected chi connectivity index (χ0v) is 10.2. The highest BCUT2D eigenvalue weighted by atomic mass is 15.1. The molecule has 0 unspecified atom stereocenters. The molecule has 0 radical (unpaired) electrons. The summed E-state index contributed by atoms with van der Waals surface area (Å²) in [5, 5.41) is 0. The first-order chi connectivity index (χ1) is 7.76. The van der Waals surface area contributed by atoms with Crippen LogP contribution in [-0.2, 0) is 6.42 Å². The lowest BCUT2D eigenvalue weighted by atomic mass is 10.1. The maximum Gasteiger partial charge on any atom is 0.0316 e. The Labute approximate surface area is 98.8 Å². The number of rotatable bonds is 7. The molecule has 0 bridgehead atoms. The molecule has 0 aliphatic heterocycles. The molecule has 0 aliphatic rings. The molecule has 2 nitrogen and oxygen atoms in total. The van der Waals surface area contributed by atoms with Crippen LogP contribution in [0.25, 0.3) is 0 Å². The lowest BCUT2D eigenvalue weighted by molar-refractivity contribution is 0.315. The van der Waals surface area contributed by atoms with Gasteiger partial charge in [-0.05, 0) is 43.6 Å². The maximum absolute atomic E-state index is 5.74. The highest BCUT2D eigenvalue weighted by Crippen LogP contribution is 2.09. The van der Waals surface area contributed by atoms with Gasteiger partial charge >= 0.3 is 0 Å². The minimum Gasteiger partial charge on any atom is -0.399 e. The van der Waals surface area contributed by atoms with E-state index in [0.29, 0.717) is 0 Å². The summed E-state index contributed by atoms with van der Waals surface area (Å²) in [5.74, 6) is 0. The van der Waals surface area contributed by atoms with Crippen LogP contribution in [0.1, 0.15) is 18.9 Å². The summed E-state index contributed by atoms with van der Waals surface area (Å²) in [6.07, 6.45) is 4.23. The second-order valence-corrected chi connectivity index (χ2v) is 4.03. The van der Waals surface area contributed by atoms with Crippen molar-refractivity contribution in [1.29, 1.82) is 0 Å². The molecule has 0 heterocycles. The Bertz CT molecular complexity index is 320. The number of anilines is 1. The first-order valence-corrected chi connectivity index (χ1v) is 5.94. The van der Waals surface area contributed by atoms with Crippen molar-refractivity contribution in [2.45, 2.75) is 19.8 Å². The Kier molecular flexibility index (Phi) is 5.65. The summed E-state index contributed by atoms with van der Waals surface area (Å²) < 4.78 is 0. The van der Waals surface area contributed by atoms with E-state index in [1.54, 1.807) is 0 Å². The summed E-state index contributed by atoms with van der Waals surface area (Å²) >= 11 is 0. The minimum absolute atomic E-state index is 0.857. The maximum atomic E-state index is 5.74. The molecule has 0 aromatic heterocycles. The SMILES string of the molecule is C=CCN(CC)CCCc1cccc(N)c1. The largest absolute Gasteiger partial charge is 0.399 e. The summed E-state index contributed by atoms with van der Waals surface area (Å²) in [4.78, 5) is 2.39. The minimum atomic E-state index is 0.857. The molecule has 0 spiro atoms. The van der Waals surface area contributed by atoms with Gasteiger partial charge in [-0.3, -0.25) is 4.90 Å². The zero-order valence-electron chi connectivity index (χ0n) is 10.2. The molecule has 2 heteroatoms. The van der Waals surface area contributed by atoms with Crippen LogP contribution in [-0.4, -0.2) is 24.5 Å². The van der Waals surface area contributed by atoms with Crippen LogP contribution in [0.5, 0.6) is 0 Å². The van der Waals surface area contributed by atoms with Crippen LogP contribution in [0.15, 0.2) is 36.9 Å². The standard InChI is InChI=1S/C14H22N2/c1-3-10-16(4-2)11-6-8-13-7-5-9-14(15)12-13/h3,5,7,9,12H,1,4,6,8,10-11,15H2,2H3. The van der Waals surface area contributed by atoms with Crippen LogP contribution < -0.4 is 5.73 Å². The Balaban J connectivity index is 2.31. The quantitative estimate of drug-likeness (QED) is 0.563. The van der Waals surface area contributed by atoms with Crippen molar-refractivity contribution in [2.24, 2.45) is 0 Å². The van der Waals surface area contributed by atoms with Crippen LogP contribution in [0.4, 0.5) is 5.69 Å². The van der Waals surface area contributed by atoms with Gasteiger partial charge in [-0.25, -0.2) is 0 Å². The molecule has 88 valence electrons. The molecule has 0 aliphatic carbocycles. The van der Waals surface area contributed by atoms with Gasteiger partial charge in [-0.2, -0.15) is 0 Å². The fraction of sp³-hybridized carbons (Fsp3) is 0.429. The lowest BCUT2D eigenvalue weighted by Crippen LogP contribution is -2.24. The monoisotopic (exact) mass is 218 g/mol. The number of hydrogen-bond acceptors (Lipinski definition) is 2. The third-order valence-electron chi connectivity index (χ3n) is 2.73. The van der Waals surface area contributed by atoms with Crippen LogP contribution in [0, 0.1) is 0 Å².